The van der Waals surface area contributed by atoms with Crippen molar-refractivity contribution in [2.45, 2.75) is 38.1 Å². The van der Waals surface area contributed by atoms with Gasteiger partial charge in [0.25, 0.3) is 5.91 Å². The molecule has 0 unspecified atom stereocenters. The molecule has 0 bridgehead atoms. The van der Waals surface area contributed by atoms with Crippen LogP contribution in [-0.2, 0) is 0 Å². The summed E-state index contributed by atoms with van der Waals surface area (Å²) in [6.07, 6.45) is 7.67. The summed E-state index contributed by atoms with van der Waals surface area (Å²) in [5.74, 6) is -0.153. The topological polar surface area (TPSA) is 92.9 Å². The minimum Gasteiger partial charge on any atom is -0.381 e. The highest BCUT2D eigenvalue weighted by Crippen LogP contribution is 2.38. The SMILES string of the molecule is C[C@@H]1C[C@H](N)C[C@H](c2ccncc2NC(=O)c2ccc(F)c3cc(NCCF)cnc23)C1. The smallest absolute Gasteiger partial charge is 0.257 e. The molecule has 1 aliphatic carbocycles. The lowest BCUT2D eigenvalue weighted by molar-refractivity contribution is 0.102. The Hall–Kier alpha value is -3.13. The van der Waals surface area contributed by atoms with Crippen molar-refractivity contribution in [3.8, 4) is 0 Å². The Morgan fingerprint density at radius 3 is 2.84 bits per heavy atom. The summed E-state index contributed by atoms with van der Waals surface area (Å²) >= 11 is 0. The second kappa shape index (κ2) is 9.56. The van der Waals surface area contributed by atoms with Crippen LogP contribution >= 0.6 is 0 Å². The summed E-state index contributed by atoms with van der Waals surface area (Å²) in [6.45, 7) is 1.74. The largest absolute Gasteiger partial charge is 0.381 e. The van der Waals surface area contributed by atoms with Crippen molar-refractivity contribution in [3.05, 3.63) is 59.8 Å². The van der Waals surface area contributed by atoms with E-state index in [0.717, 1.165) is 24.8 Å². The van der Waals surface area contributed by atoms with Gasteiger partial charge in [0.05, 0.1) is 34.8 Å². The van der Waals surface area contributed by atoms with Gasteiger partial charge in [0.1, 0.15) is 12.5 Å². The van der Waals surface area contributed by atoms with Crippen LogP contribution in [0.1, 0.15) is 48.0 Å². The second-order valence-electron chi connectivity index (χ2n) is 8.52. The van der Waals surface area contributed by atoms with Crippen LogP contribution in [0.3, 0.4) is 0 Å². The van der Waals surface area contributed by atoms with Gasteiger partial charge in [-0.05, 0) is 60.9 Å². The van der Waals surface area contributed by atoms with Crippen LogP contribution in [0, 0.1) is 11.7 Å². The lowest BCUT2D eigenvalue weighted by Crippen LogP contribution is -2.31. The highest BCUT2D eigenvalue weighted by Gasteiger charge is 2.27. The molecule has 2 aromatic heterocycles. The third-order valence-corrected chi connectivity index (χ3v) is 5.99. The lowest BCUT2D eigenvalue weighted by atomic mass is 9.76. The van der Waals surface area contributed by atoms with Gasteiger partial charge in [-0.3, -0.25) is 14.8 Å². The van der Waals surface area contributed by atoms with Crippen molar-refractivity contribution >= 4 is 28.2 Å². The van der Waals surface area contributed by atoms with Gasteiger partial charge in [-0.1, -0.05) is 6.92 Å². The first kappa shape index (κ1) is 22.1. The van der Waals surface area contributed by atoms with Crippen LogP contribution in [0.5, 0.6) is 0 Å². The molecule has 2 heterocycles. The number of rotatable bonds is 6. The molecule has 0 aliphatic heterocycles. The molecule has 4 N–H and O–H groups in total. The van der Waals surface area contributed by atoms with Crippen LogP contribution in [0.15, 0.2) is 42.9 Å². The number of anilines is 2. The summed E-state index contributed by atoms with van der Waals surface area (Å²) in [6, 6.07) is 6.25. The summed E-state index contributed by atoms with van der Waals surface area (Å²) in [4.78, 5) is 21.6. The van der Waals surface area contributed by atoms with E-state index in [2.05, 4.69) is 27.5 Å². The van der Waals surface area contributed by atoms with Crippen molar-refractivity contribution in [1.82, 2.24) is 9.97 Å². The van der Waals surface area contributed by atoms with Gasteiger partial charge in [-0.2, -0.15) is 0 Å². The van der Waals surface area contributed by atoms with Crippen molar-refractivity contribution in [2.75, 3.05) is 23.9 Å². The molecular formula is C24H27F2N5O. The minimum absolute atomic E-state index is 0.0994. The fourth-order valence-corrected chi connectivity index (χ4v) is 4.62. The zero-order valence-electron chi connectivity index (χ0n) is 17.9. The van der Waals surface area contributed by atoms with Gasteiger partial charge in [-0.25, -0.2) is 8.78 Å². The number of alkyl halides is 1. The van der Waals surface area contributed by atoms with Crippen molar-refractivity contribution in [2.24, 2.45) is 11.7 Å². The number of benzene rings is 1. The average Bonchev–Trinajstić information content (AvgIpc) is 2.77. The van der Waals surface area contributed by atoms with E-state index in [1.807, 2.05) is 6.07 Å². The number of hydrogen-bond donors (Lipinski definition) is 3. The van der Waals surface area contributed by atoms with E-state index in [-0.39, 0.29) is 35.0 Å². The van der Waals surface area contributed by atoms with E-state index in [1.165, 1.54) is 24.4 Å². The maximum atomic E-state index is 14.4. The van der Waals surface area contributed by atoms with Crippen molar-refractivity contribution in [1.29, 1.82) is 0 Å². The van der Waals surface area contributed by atoms with E-state index in [0.29, 0.717) is 17.3 Å². The van der Waals surface area contributed by atoms with Crippen LogP contribution < -0.4 is 16.4 Å². The van der Waals surface area contributed by atoms with Gasteiger partial charge in [0.2, 0.25) is 0 Å². The highest BCUT2D eigenvalue weighted by molar-refractivity contribution is 6.12. The second-order valence-corrected chi connectivity index (χ2v) is 8.52. The molecule has 3 aromatic rings. The summed E-state index contributed by atoms with van der Waals surface area (Å²) in [7, 11) is 0. The van der Waals surface area contributed by atoms with Crippen molar-refractivity contribution in [3.63, 3.8) is 0 Å². The molecule has 1 fully saturated rings. The number of halogens is 2. The number of amides is 1. The number of nitrogens with zero attached hydrogens (tertiary/aromatic N) is 2. The van der Waals surface area contributed by atoms with Gasteiger partial charge in [0.15, 0.2) is 0 Å². The minimum atomic E-state index is -0.554. The Kier molecular flexibility index (Phi) is 6.60. The van der Waals surface area contributed by atoms with E-state index in [4.69, 9.17) is 5.73 Å². The summed E-state index contributed by atoms with van der Waals surface area (Å²) in [5.41, 5.74) is 8.86. The quantitative estimate of drug-likeness (QED) is 0.521. The van der Waals surface area contributed by atoms with E-state index >= 15 is 0 Å². The fourth-order valence-electron chi connectivity index (χ4n) is 4.62. The van der Waals surface area contributed by atoms with E-state index in [9.17, 15) is 13.6 Å². The molecule has 1 amide bonds. The zero-order valence-corrected chi connectivity index (χ0v) is 17.9. The molecule has 1 aliphatic rings. The van der Waals surface area contributed by atoms with Gasteiger partial charge in [-0.15, -0.1) is 0 Å². The maximum Gasteiger partial charge on any atom is 0.257 e. The first-order chi connectivity index (χ1) is 15.5. The molecular weight excluding hydrogens is 412 g/mol. The first-order valence-electron chi connectivity index (χ1n) is 10.8. The number of nitrogens with one attached hydrogen (secondary N) is 2. The van der Waals surface area contributed by atoms with Gasteiger partial charge < -0.3 is 16.4 Å². The maximum absolute atomic E-state index is 14.4. The van der Waals surface area contributed by atoms with Crippen LogP contribution in [0.2, 0.25) is 0 Å². The Labute approximate surface area is 185 Å². The van der Waals surface area contributed by atoms with Crippen LogP contribution in [0.25, 0.3) is 10.9 Å². The standard InChI is InChI=1S/C24H27F2N5O/c1-14-8-15(10-16(27)9-14)18-4-6-28-13-22(18)31-24(32)19-2-3-21(26)20-11-17(29-7-5-25)12-30-23(19)20/h2-4,6,11-16,29H,5,7-10,27H2,1H3,(H,31,32)/t14-,15+,16-/m0/s1. The number of aromatic nitrogens is 2. The average molecular weight is 440 g/mol. The molecule has 168 valence electrons. The summed E-state index contributed by atoms with van der Waals surface area (Å²) < 4.78 is 26.9. The normalized spacial score (nSPS) is 20.8. The van der Waals surface area contributed by atoms with Gasteiger partial charge in [0, 0.05) is 24.2 Å². The molecule has 0 radical (unpaired) electrons. The number of nitrogens with two attached hydrogens (primary N) is 1. The number of fused-ring (bicyclic) bond motifs is 1. The zero-order chi connectivity index (χ0) is 22.7. The van der Waals surface area contributed by atoms with Crippen molar-refractivity contribution < 1.29 is 13.6 Å². The number of carbonyl (C=O) groups is 1. The van der Waals surface area contributed by atoms with Gasteiger partial charge >= 0.3 is 0 Å². The molecule has 1 aromatic carbocycles. The first-order valence-corrected chi connectivity index (χ1v) is 10.8. The fraction of sp³-hybridized carbons (Fsp3) is 0.375. The Morgan fingerprint density at radius 2 is 2.06 bits per heavy atom. The Bertz CT molecular complexity index is 1110. The molecule has 0 saturated heterocycles. The predicted molar refractivity (Wildman–Crippen MR) is 122 cm³/mol. The monoisotopic (exact) mass is 439 g/mol. The molecule has 6 nitrogen and oxygen atoms in total. The number of carbonyl (C=O) groups excluding carboxylic acids is 1. The molecule has 3 atom stereocenters. The lowest BCUT2D eigenvalue weighted by Gasteiger charge is -2.32. The number of hydrogen-bond acceptors (Lipinski definition) is 5. The molecule has 1 saturated carbocycles. The molecule has 0 spiro atoms. The summed E-state index contributed by atoms with van der Waals surface area (Å²) in [5, 5.41) is 5.97. The molecule has 32 heavy (non-hydrogen) atoms. The third-order valence-electron chi connectivity index (χ3n) is 5.99. The third kappa shape index (κ3) is 4.70. The van der Waals surface area contributed by atoms with Crippen LogP contribution in [0.4, 0.5) is 20.2 Å². The Balaban J connectivity index is 1.63. The predicted octanol–water partition coefficient (Wildman–Crippen LogP) is 4.63. The van der Waals surface area contributed by atoms with E-state index in [1.54, 1.807) is 12.4 Å². The molecule has 8 heteroatoms. The van der Waals surface area contributed by atoms with E-state index < -0.39 is 18.4 Å². The Morgan fingerprint density at radius 1 is 1.22 bits per heavy atom. The highest BCUT2D eigenvalue weighted by atomic mass is 19.1. The molecule has 4 rings (SSSR count). The van der Waals surface area contributed by atoms with Crippen LogP contribution in [-0.4, -0.2) is 35.1 Å². The number of pyridine rings is 2.